The number of aliphatic imine (C=N–C) groups is 1. The lowest BCUT2D eigenvalue weighted by molar-refractivity contribution is 0.834. The molecule has 9 heavy (non-hydrogen) atoms. The van der Waals surface area contributed by atoms with Gasteiger partial charge < -0.3 is 0 Å². The van der Waals surface area contributed by atoms with Gasteiger partial charge in [0.05, 0.1) is 11.1 Å². The average Bonchev–Trinajstić information content (AvgIpc) is 2.14. The molecule has 2 heteroatoms. The van der Waals surface area contributed by atoms with E-state index in [0.29, 0.717) is 12.0 Å². The molecular weight excluding hydrogens is 130 g/mol. The quantitative estimate of drug-likeness (QED) is 0.548. The Kier molecular flexibility index (Phi) is 2.17. The fourth-order valence-corrected chi connectivity index (χ4v) is 1.89. The van der Waals surface area contributed by atoms with Crippen molar-refractivity contribution in [1.82, 2.24) is 0 Å². The molecule has 0 fully saturated rings. The molecule has 1 heterocycles. The van der Waals surface area contributed by atoms with Crippen molar-refractivity contribution >= 4 is 16.8 Å². The Bertz CT molecular complexity index is 129. The van der Waals surface area contributed by atoms with Gasteiger partial charge in [-0.3, -0.25) is 4.99 Å². The highest BCUT2D eigenvalue weighted by Crippen LogP contribution is 2.22. The van der Waals surface area contributed by atoms with Crippen LogP contribution in [0.1, 0.15) is 20.8 Å². The van der Waals surface area contributed by atoms with Crippen molar-refractivity contribution in [2.45, 2.75) is 26.8 Å². The van der Waals surface area contributed by atoms with Crippen LogP contribution in [0.3, 0.4) is 0 Å². The van der Waals surface area contributed by atoms with Crippen LogP contribution in [0.15, 0.2) is 4.99 Å². The maximum absolute atomic E-state index is 4.47. The van der Waals surface area contributed by atoms with Gasteiger partial charge in [-0.2, -0.15) is 0 Å². The topological polar surface area (TPSA) is 12.4 Å². The van der Waals surface area contributed by atoms with Crippen LogP contribution in [0.2, 0.25) is 0 Å². The largest absolute Gasteiger partial charge is 0.279 e. The summed E-state index contributed by atoms with van der Waals surface area (Å²) in [4.78, 5) is 4.47. The van der Waals surface area contributed by atoms with Gasteiger partial charge in [0.15, 0.2) is 0 Å². The van der Waals surface area contributed by atoms with Gasteiger partial charge in [-0.05, 0) is 6.92 Å². The molecule has 0 N–H and O–H groups in total. The molecule has 0 amide bonds. The normalized spacial score (nSPS) is 27.1. The van der Waals surface area contributed by atoms with Gasteiger partial charge in [-0.25, -0.2) is 0 Å². The molecule has 0 aromatic carbocycles. The van der Waals surface area contributed by atoms with Crippen LogP contribution < -0.4 is 0 Å². The fraction of sp³-hybridized carbons (Fsp3) is 0.857. The zero-order valence-electron chi connectivity index (χ0n) is 6.22. The molecule has 1 aliphatic heterocycles. The molecule has 0 spiro atoms. The minimum Gasteiger partial charge on any atom is -0.279 e. The van der Waals surface area contributed by atoms with Crippen molar-refractivity contribution in [3.8, 4) is 0 Å². The van der Waals surface area contributed by atoms with Crippen LogP contribution in [-0.4, -0.2) is 16.8 Å². The second-order valence-electron chi connectivity index (χ2n) is 2.78. The number of rotatable bonds is 1. The van der Waals surface area contributed by atoms with Crippen LogP contribution in [0, 0.1) is 5.92 Å². The Morgan fingerprint density at radius 3 is 2.56 bits per heavy atom. The number of hydrogen-bond acceptors (Lipinski definition) is 2. The summed E-state index contributed by atoms with van der Waals surface area (Å²) in [5, 5.41) is 1.34. The summed E-state index contributed by atoms with van der Waals surface area (Å²) in [5.74, 6) is 1.83. The van der Waals surface area contributed by atoms with Gasteiger partial charge in [0.2, 0.25) is 0 Å². The highest BCUT2D eigenvalue weighted by atomic mass is 32.2. The minimum atomic E-state index is 0.562. The summed E-state index contributed by atoms with van der Waals surface area (Å²) in [5.41, 5.74) is 0. The molecule has 1 rings (SSSR count). The Balaban J connectivity index is 2.52. The monoisotopic (exact) mass is 143 g/mol. The Morgan fingerprint density at radius 2 is 2.33 bits per heavy atom. The van der Waals surface area contributed by atoms with Gasteiger partial charge in [-0.15, -0.1) is 11.8 Å². The van der Waals surface area contributed by atoms with E-state index < -0.39 is 0 Å². The standard InChI is InChI=1S/C7H13NS/c1-5(2)7-8-6(3)4-9-7/h5-6H,4H2,1-3H3/t6-/m0/s1. The highest BCUT2D eigenvalue weighted by Gasteiger charge is 2.15. The molecule has 0 aromatic rings. The first-order chi connectivity index (χ1) is 4.20. The predicted octanol–water partition coefficient (Wildman–Crippen LogP) is 2.18. The smallest absolute Gasteiger partial charge is 0.0705 e. The zero-order chi connectivity index (χ0) is 6.85. The molecule has 1 aliphatic rings. The van der Waals surface area contributed by atoms with Crippen LogP contribution in [0.4, 0.5) is 0 Å². The molecule has 0 saturated carbocycles. The molecule has 0 radical (unpaired) electrons. The van der Waals surface area contributed by atoms with Crippen molar-refractivity contribution in [3.63, 3.8) is 0 Å². The van der Waals surface area contributed by atoms with Crippen LogP contribution in [0.5, 0.6) is 0 Å². The predicted molar refractivity (Wildman–Crippen MR) is 44.2 cm³/mol. The van der Waals surface area contributed by atoms with Crippen molar-refractivity contribution in [2.24, 2.45) is 10.9 Å². The number of hydrogen-bond donors (Lipinski definition) is 0. The number of nitrogens with zero attached hydrogens (tertiary/aromatic N) is 1. The van der Waals surface area contributed by atoms with Gasteiger partial charge >= 0.3 is 0 Å². The summed E-state index contributed by atoms with van der Waals surface area (Å²) < 4.78 is 0. The molecule has 52 valence electrons. The SMILES string of the molecule is CC(C)C1=N[C@@H](C)CS1. The van der Waals surface area contributed by atoms with E-state index in [-0.39, 0.29) is 0 Å². The fourth-order valence-electron chi connectivity index (χ4n) is 0.813. The maximum Gasteiger partial charge on any atom is 0.0705 e. The van der Waals surface area contributed by atoms with E-state index in [9.17, 15) is 0 Å². The van der Waals surface area contributed by atoms with Crippen molar-refractivity contribution in [3.05, 3.63) is 0 Å². The van der Waals surface area contributed by atoms with E-state index in [1.165, 1.54) is 10.8 Å². The van der Waals surface area contributed by atoms with E-state index in [1.807, 2.05) is 11.8 Å². The summed E-state index contributed by atoms with van der Waals surface area (Å²) in [6, 6.07) is 0.562. The number of thioether (sulfide) groups is 1. The molecule has 0 aliphatic carbocycles. The van der Waals surface area contributed by atoms with E-state index in [0.717, 1.165) is 0 Å². The van der Waals surface area contributed by atoms with Crippen molar-refractivity contribution in [1.29, 1.82) is 0 Å². The Hall–Kier alpha value is 0.0200. The van der Waals surface area contributed by atoms with Gasteiger partial charge in [0.25, 0.3) is 0 Å². The Labute approximate surface area is 60.9 Å². The first-order valence-corrected chi connectivity index (χ1v) is 4.39. The lowest BCUT2D eigenvalue weighted by atomic mass is 10.2. The lowest BCUT2D eigenvalue weighted by Gasteiger charge is -1.99. The maximum atomic E-state index is 4.47. The molecule has 0 aromatic heterocycles. The lowest BCUT2D eigenvalue weighted by Crippen LogP contribution is -1.98. The van der Waals surface area contributed by atoms with Gasteiger partial charge in [0.1, 0.15) is 0 Å². The summed E-state index contributed by atoms with van der Waals surface area (Å²) in [6.45, 7) is 6.57. The van der Waals surface area contributed by atoms with E-state index >= 15 is 0 Å². The van der Waals surface area contributed by atoms with Gasteiger partial charge in [0, 0.05) is 11.7 Å². The molecule has 1 atom stereocenters. The van der Waals surface area contributed by atoms with Crippen molar-refractivity contribution in [2.75, 3.05) is 5.75 Å². The second kappa shape index (κ2) is 2.74. The summed E-state index contributed by atoms with van der Waals surface area (Å²) in [7, 11) is 0. The third kappa shape index (κ3) is 1.71. The molecule has 0 saturated heterocycles. The second-order valence-corrected chi connectivity index (χ2v) is 3.82. The Morgan fingerprint density at radius 1 is 1.67 bits per heavy atom. The highest BCUT2D eigenvalue weighted by molar-refractivity contribution is 8.14. The van der Waals surface area contributed by atoms with Crippen LogP contribution >= 0.6 is 11.8 Å². The third-order valence-electron chi connectivity index (χ3n) is 1.31. The summed E-state index contributed by atoms with van der Waals surface area (Å²) >= 11 is 1.91. The molecular formula is C7H13NS. The zero-order valence-corrected chi connectivity index (χ0v) is 7.03. The minimum absolute atomic E-state index is 0.562. The van der Waals surface area contributed by atoms with E-state index in [1.54, 1.807) is 0 Å². The third-order valence-corrected chi connectivity index (χ3v) is 2.84. The summed E-state index contributed by atoms with van der Waals surface area (Å²) in [6.07, 6.45) is 0. The van der Waals surface area contributed by atoms with Crippen molar-refractivity contribution < 1.29 is 0 Å². The molecule has 0 unspecified atom stereocenters. The molecule has 0 bridgehead atoms. The van der Waals surface area contributed by atoms with Crippen LogP contribution in [-0.2, 0) is 0 Å². The first-order valence-electron chi connectivity index (χ1n) is 3.40. The first kappa shape index (κ1) is 7.13. The van der Waals surface area contributed by atoms with Gasteiger partial charge in [-0.1, -0.05) is 13.8 Å². The van der Waals surface area contributed by atoms with E-state index in [4.69, 9.17) is 0 Å². The van der Waals surface area contributed by atoms with Crippen LogP contribution in [0.25, 0.3) is 0 Å². The molecule has 1 nitrogen and oxygen atoms in total. The average molecular weight is 143 g/mol. The van der Waals surface area contributed by atoms with E-state index in [2.05, 4.69) is 25.8 Å².